The van der Waals surface area contributed by atoms with Gasteiger partial charge < -0.3 is 12.0 Å². The Labute approximate surface area is 182 Å². The molecule has 0 aliphatic heterocycles. The molecule has 2 aromatic rings. The van der Waals surface area contributed by atoms with E-state index in [2.05, 4.69) is 38.1 Å². The first-order chi connectivity index (χ1) is 12.1. The number of carbonyl (C=O) groups is 1. The molecule has 1 saturated carbocycles. The second-order valence-electron chi connectivity index (χ2n) is 7.05. The van der Waals surface area contributed by atoms with Crippen molar-refractivity contribution in [3.05, 3.63) is 77.7 Å². The Morgan fingerprint density at radius 2 is 1.69 bits per heavy atom. The Morgan fingerprint density at radius 3 is 2.27 bits per heavy atom. The minimum absolute atomic E-state index is 0. The molecule has 1 N–H and O–H groups in total. The average Bonchev–Trinajstić information content (AvgIpc) is 3.03. The predicted molar refractivity (Wildman–Crippen MR) is 102 cm³/mol. The van der Waals surface area contributed by atoms with Crippen molar-refractivity contribution in [2.75, 3.05) is 0 Å². The second kappa shape index (κ2) is 9.92. The van der Waals surface area contributed by atoms with Crippen LogP contribution >= 0.6 is 0 Å². The molecule has 0 amide bonds. The molecule has 3 heteroatoms. The van der Waals surface area contributed by atoms with Crippen LogP contribution in [-0.2, 0) is 43.9 Å². The summed E-state index contributed by atoms with van der Waals surface area (Å²) in [4.78, 5) is 12.5. The number of Topliss-reactive ketones (excluding diaryl/α,β-unsaturated/α-hetero) is 1. The fraction of sp³-hybridized carbons (Fsp3) is 0.391. The Balaban J connectivity index is 0.00000243. The Kier molecular flexibility index (Phi) is 8.19. The van der Waals surface area contributed by atoms with Crippen LogP contribution in [0.3, 0.4) is 0 Å². The molecule has 3 atom stereocenters. The molecule has 0 saturated heterocycles. The first-order valence-corrected chi connectivity index (χ1v) is 9.32. The van der Waals surface area contributed by atoms with E-state index in [1.165, 1.54) is 11.1 Å². The van der Waals surface area contributed by atoms with Crippen molar-refractivity contribution in [2.45, 2.75) is 57.0 Å². The fourth-order valence-corrected chi connectivity index (χ4v) is 3.92. The number of hydrogen-bond acceptors (Lipinski definition) is 2. The third kappa shape index (κ3) is 4.71. The molecule has 0 aromatic heterocycles. The monoisotopic (exact) mass is 424 g/mol. The third-order valence-corrected chi connectivity index (χ3v) is 5.39. The van der Waals surface area contributed by atoms with Gasteiger partial charge in [-0.15, -0.1) is 0 Å². The van der Waals surface area contributed by atoms with Gasteiger partial charge in [-0.05, 0) is 35.4 Å². The van der Waals surface area contributed by atoms with Crippen molar-refractivity contribution < 1.29 is 42.6 Å². The minimum atomic E-state index is -0.413. The van der Waals surface area contributed by atoms with E-state index >= 15 is 0 Å². The van der Waals surface area contributed by atoms with Crippen LogP contribution in [0.5, 0.6) is 0 Å². The summed E-state index contributed by atoms with van der Waals surface area (Å²) in [6, 6.07) is 16.5. The normalized spacial score (nSPS) is 20.7. The van der Waals surface area contributed by atoms with Gasteiger partial charge in [0.05, 0.1) is 6.10 Å². The number of hydrogen-bond donors (Lipinski definition) is 1. The Morgan fingerprint density at radius 1 is 1.08 bits per heavy atom. The van der Waals surface area contributed by atoms with Crippen molar-refractivity contribution in [3.8, 4) is 0 Å². The molecular weight excluding hydrogens is 397 g/mol. The molecule has 1 radical (unpaired) electrons. The fourth-order valence-electron chi connectivity index (χ4n) is 3.92. The van der Waals surface area contributed by atoms with Gasteiger partial charge in [-0.25, -0.2) is 0 Å². The summed E-state index contributed by atoms with van der Waals surface area (Å²) in [7, 11) is 0. The molecule has 1 fully saturated rings. The maximum Gasteiger partial charge on any atom is 0.140 e. The van der Waals surface area contributed by atoms with Gasteiger partial charge in [-0.3, -0.25) is 4.79 Å². The summed E-state index contributed by atoms with van der Waals surface area (Å²) in [6.45, 7) is 5.99. The zero-order valence-electron chi connectivity index (χ0n) is 15.5. The molecule has 1 aliphatic carbocycles. The summed E-state index contributed by atoms with van der Waals surface area (Å²) >= 11 is 0. The SMILES string of the molecule is [CH2-]Cc1ccc(C2CCC(=O)C2c2ccc(C(O)CCC)cc2)cc1.[Y]. The molecule has 2 nitrogen and oxygen atoms in total. The first-order valence-electron chi connectivity index (χ1n) is 9.32. The zero-order chi connectivity index (χ0) is 17.8. The van der Waals surface area contributed by atoms with E-state index in [1.807, 2.05) is 24.3 Å². The number of carbonyl (C=O) groups excluding carboxylic acids is 1. The van der Waals surface area contributed by atoms with Gasteiger partial charge in [0.1, 0.15) is 5.78 Å². The number of aliphatic hydroxyl groups is 1. The number of aliphatic hydroxyl groups excluding tert-OH is 1. The van der Waals surface area contributed by atoms with E-state index in [0.717, 1.165) is 36.8 Å². The minimum Gasteiger partial charge on any atom is -0.388 e. The van der Waals surface area contributed by atoms with Crippen LogP contribution in [-0.4, -0.2) is 10.9 Å². The van der Waals surface area contributed by atoms with Gasteiger partial charge in [0.2, 0.25) is 0 Å². The van der Waals surface area contributed by atoms with E-state index in [0.29, 0.717) is 12.2 Å². The van der Waals surface area contributed by atoms with E-state index < -0.39 is 6.10 Å². The first kappa shape index (κ1) is 21.5. The van der Waals surface area contributed by atoms with E-state index in [4.69, 9.17) is 0 Å². The van der Waals surface area contributed by atoms with Gasteiger partial charge in [-0.1, -0.05) is 67.4 Å². The topological polar surface area (TPSA) is 37.3 Å². The van der Waals surface area contributed by atoms with Crippen LogP contribution in [0.2, 0.25) is 0 Å². The van der Waals surface area contributed by atoms with Crippen LogP contribution in [0.1, 0.15) is 72.8 Å². The second-order valence-corrected chi connectivity index (χ2v) is 7.05. The molecule has 1 aliphatic rings. The smallest absolute Gasteiger partial charge is 0.140 e. The zero-order valence-corrected chi connectivity index (χ0v) is 18.4. The maximum atomic E-state index is 12.5. The maximum absolute atomic E-state index is 12.5. The summed E-state index contributed by atoms with van der Waals surface area (Å²) in [5.41, 5.74) is 4.47. The molecule has 0 heterocycles. The molecule has 2 aromatic carbocycles. The standard InChI is InChI=1S/C23H27O2.Y/c1-3-5-21(24)18-10-12-19(13-11-18)23-20(14-15-22(23)25)17-8-6-16(4-2)7-9-17;/h6-13,20-21,23-24H,2-5,14-15H2,1H3;/q-1;. The van der Waals surface area contributed by atoms with Gasteiger partial charge >= 0.3 is 0 Å². The Hall–Kier alpha value is -0.826. The Bertz CT molecular complexity index is 706. The summed E-state index contributed by atoms with van der Waals surface area (Å²) in [6.07, 6.45) is 3.65. The number of ketones is 1. The summed E-state index contributed by atoms with van der Waals surface area (Å²) < 4.78 is 0. The van der Waals surface area contributed by atoms with Crippen LogP contribution in [0.15, 0.2) is 48.5 Å². The summed E-state index contributed by atoms with van der Waals surface area (Å²) in [5.74, 6) is 0.508. The van der Waals surface area contributed by atoms with E-state index in [-0.39, 0.29) is 44.5 Å². The predicted octanol–water partition coefficient (Wildman–Crippen LogP) is 5.12. The van der Waals surface area contributed by atoms with Crippen molar-refractivity contribution in [2.24, 2.45) is 0 Å². The van der Waals surface area contributed by atoms with E-state index in [1.54, 1.807) is 0 Å². The molecule has 0 bridgehead atoms. The average molecular weight is 424 g/mol. The number of rotatable bonds is 6. The van der Waals surface area contributed by atoms with Gasteiger partial charge in [-0.2, -0.15) is 6.42 Å². The van der Waals surface area contributed by atoms with Crippen molar-refractivity contribution in [1.29, 1.82) is 0 Å². The van der Waals surface area contributed by atoms with E-state index in [9.17, 15) is 9.90 Å². The third-order valence-electron chi connectivity index (χ3n) is 5.39. The summed E-state index contributed by atoms with van der Waals surface area (Å²) in [5, 5.41) is 10.1. The molecule has 0 spiro atoms. The quantitative estimate of drug-likeness (QED) is 0.654. The van der Waals surface area contributed by atoms with Crippen molar-refractivity contribution in [1.82, 2.24) is 0 Å². The van der Waals surface area contributed by atoms with Crippen molar-refractivity contribution >= 4 is 5.78 Å². The largest absolute Gasteiger partial charge is 0.388 e. The van der Waals surface area contributed by atoms with Crippen LogP contribution in [0, 0.1) is 6.92 Å². The van der Waals surface area contributed by atoms with Crippen LogP contribution in [0.4, 0.5) is 0 Å². The van der Waals surface area contributed by atoms with Gasteiger partial charge in [0.25, 0.3) is 0 Å². The van der Waals surface area contributed by atoms with Crippen LogP contribution < -0.4 is 0 Å². The molecule has 3 unspecified atom stereocenters. The van der Waals surface area contributed by atoms with Crippen molar-refractivity contribution in [3.63, 3.8) is 0 Å². The molecule has 135 valence electrons. The van der Waals surface area contributed by atoms with Gasteiger partial charge in [0, 0.05) is 45.0 Å². The molecular formula is C23H27O2Y-. The van der Waals surface area contributed by atoms with Crippen LogP contribution in [0.25, 0.3) is 0 Å². The molecule has 3 rings (SSSR count). The molecule has 26 heavy (non-hydrogen) atoms. The number of benzene rings is 2. The van der Waals surface area contributed by atoms with Gasteiger partial charge in [0.15, 0.2) is 0 Å².